The molecular weight excluding hydrogens is 476 g/mol. The van der Waals surface area contributed by atoms with E-state index in [1.165, 1.54) is 11.3 Å². The maximum atomic E-state index is 5.75. The molecule has 2 aromatic carbocycles. The first-order chi connectivity index (χ1) is 15.2. The summed E-state index contributed by atoms with van der Waals surface area (Å²) in [5.74, 6) is 1.41. The molecule has 4 heterocycles. The topological polar surface area (TPSA) is 69.6 Å². The fourth-order valence-electron chi connectivity index (χ4n) is 3.90. The summed E-state index contributed by atoms with van der Waals surface area (Å²) in [6.45, 7) is 1.97. The Labute approximate surface area is 189 Å². The van der Waals surface area contributed by atoms with E-state index in [2.05, 4.69) is 49.3 Å². The normalized spacial score (nSPS) is 11.7. The van der Waals surface area contributed by atoms with Gasteiger partial charge in [-0.3, -0.25) is 4.40 Å². The number of aryl methyl sites for hydroxylation is 1. The van der Waals surface area contributed by atoms with Crippen LogP contribution in [0, 0.1) is 6.92 Å². The molecule has 4 aromatic heterocycles. The van der Waals surface area contributed by atoms with E-state index in [9.17, 15) is 0 Å². The highest BCUT2D eigenvalue weighted by Crippen LogP contribution is 2.43. The molecule has 9 heteroatoms. The van der Waals surface area contributed by atoms with Crippen molar-refractivity contribution in [2.24, 2.45) is 0 Å². The summed E-state index contributed by atoms with van der Waals surface area (Å²) in [6.07, 6.45) is 1.97. The van der Waals surface area contributed by atoms with Crippen LogP contribution in [-0.4, -0.2) is 36.3 Å². The van der Waals surface area contributed by atoms with E-state index < -0.39 is 0 Å². The molecule has 6 rings (SSSR count). The van der Waals surface area contributed by atoms with Crippen LogP contribution in [0.1, 0.15) is 5.69 Å². The van der Waals surface area contributed by atoms with Gasteiger partial charge in [-0.25, -0.2) is 4.98 Å². The molecule has 0 aliphatic rings. The fourth-order valence-corrected chi connectivity index (χ4v) is 5.49. The minimum atomic E-state index is 0.660. The van der Waals surface area contributed by atoms with Gasteiger partial charge in [0.15, 0.2) is 5.01 Å². The summed E-state index contributed by atoms with van der Waals surface area (Å²) in [6, 6.07) is 16.2. The minimum absolute atomic E-state index is 0.660. The molecule has 0 atom stereocenters. The van der Waals surface area contributed by atoms with Crippen molar-refractivity contribution in [1.82, 2.24) is 29.2 Å². The highest BCUT2D eigenvalue weighted by atomic mass is 79.9. The number of nitrogens with zero attached hydrogens (tertiary/aromatic N) is 6. The Morgan fingerprint density at radius 3 is 2.77 bits per heavy atom. The van der Waals surface area contributed by atoms with Gasteiger partial charge in [0.05, 0.1) is 22.8 Å². The first kappa shape index (κ1) is 18.5. The Balaban J connectivity index is 1.59. The zero-order valence-corrected chi connectivity index (χ0v) is 19.0. The highest BCUT2D eigenvalue weighted by molar-refractivity contribution is 9.10. The second kappa shape index (κ2) is 6.86. The molecule has 31 heavy (non-hydrogen) atoms. The molecule has 0 unspecified atom stereocenters. The maximum absolute atomic E-state index is 5.75. The van der Waals surface area contributed by atoms with Gasteiger partial charge in [-0.1, -0.05) is 41.7 Å². The Hall–Kier alpha value is -3.30. The average Bonchev–Trinajstić information content (AvgIpc) is 3.45. The fraction of sp³-hybridized carbons (Fsp3) is 0.0909. The molecule has 7 nitrogen and oxygen atoms in total. The monoisotopic (exact) mass is 490 g/mol. The van der Waals surface area contributed by atoms with E-state index in [1.807, 2.05) is 47.9 Å². The molecular formula is C22H15BrN6OS. The smallest absolute Gasteiger partial charge is 0.235 e. The van der Waals surface area contributed by atoms with Crippen molar-refractivity contribution in [3.8, 4) is 27.8 Å². The Morgan fingerprint density at radius 2 is 1.90 bits per heavy atom. The predicted octanol–water partition coefficient (Wildman–Crippen LogP) is 5.40. The average molecular weight is 491 g/mol. The number of halogens is 1. The third-order valence-corrected chi connectivity index (χ3v) is 7.00. The van der Waals surface area contributed by atoms with E-state index in [0.29, 0.717) is 10.8 Å². The molecule has 0 radical (unpaired) electrons. The third-order valence-electron chi connectivity index (χ3n) is 5.28. The van der Waals surface area contributed by atoms with Crippen molar-refractivity contribution in [2.75, 3.05) is 7.11 Å². The molecule has 0 fully saturated rings. The van der Waals surface area contributed by atoms with Gasteiger partial charge in [0.2, 0.25) is 10.8 Å². The number of imidazole rings is 1. The molecule has 0 saturated carbocycles. The predicted molar refractivity (Wildman–Crippen MR) is 125 cm³/mol. The van der Waals surface area contributed by atoms with Crippen LogP contribution in [0.15, 0.2) is 59.2 Å². The van der Waals surface area contributed by atoms with E-state index in [1.54, 1.807) is 11.6 Å². The van der Waals surface area contributed by atoms with Gasteiger partial charge in [0.25, 0.3) is 0 Å². The van der Waals surface area contributed by atoms with Crippen LogP contribution < -0.4 is 4.74 Å². The quantitative estimate of drug-likeness (QED) is 0.332. The van der Waals surface area contributed by atoms with Crippen molar-refractivity contribution in [3.05, 3.63) is 64.9 Å². The Morgan fingerprint density at radius 1 is 1.06 bits per heavy atom. The summed E-state index contributed by atoms with van der Waals surface area (Å²) in [5, 5.41) is 16.7. The summed E-state index contributed by atoms with van der Waals surface area (Å²) in [7, 11) is 1.67. The van der Waals surface area contributed by atoms with Crippen molar-refractivity contribution < 1.29 is 4.74 Å². The number of ether oxygens (including phenoxy) is 1. The summed E-state index contributed by atoms with van der Waals surface area (Å²) in [5.41, 5.74) is 3.53. The molecule has 0 amide bonds. The van der Waals surface area contributed by atoms with Crippen molar-refractivity contribution in [2.45, 2.75) is 6.92 Å². The molecule has 0 aliphatic carbocycles. The second-order valence-electron chi connectivity index (χ2n) is 7.09. The van der Waals surface area contributed by atoms with Gasteiger partial charge in [-0.05, 0) is 51.8 Å². The molecule has 0 aliphatic heterocycles. The van der Waals surface area contributed by atoms with Crippen LogP contribution in [0.2, 0.25) is 0 Å². The summed E-state index contributed by atoms with van der Waals surface area (Å²) >= 11 is 5.19. The summed E-state index contributed by atoms with van der Waals surface area (Å²) < 4.78 is 10.5. The lowest BCUT2D eigenvalue weighted by Crippen LogP contribution is -1.97. The highest BCUT2D eigenvalue weighted by Gasteiger charge is 2.22. The van der Waals surface area contributed by atoms with Crippen molar-refractivity contribution >= 4 is 48.6 Å². The van der Waals surface area contributed by atoms with E-state index >= 15 is 0 Å². The largest absolute Gasteiger partial charge is 0.495 e. The van der Waals surface area contributed by atoms with Gasteiger partial charge in [-0.15, -0.1) is 10.2 Å². The lowest BCUT2D eigenvalue weighted by Gasteiger charge is -2.11. The number of pyridine rings is 1. The first-order valence-corrected chi connectivity index (χ1v) is 11.2. The number of hydrogen-bond acceptors (Lipinski definition) is 6. The Kier molecular flexibility index (Phi) is 4.09. The minimum Gasteiger partial charge on any atom is -0.495 e. The Bertz CT molecular complexity index is 1620. The van der Waals surface area contributed by atoms with E-state index in [0.717, 1.165) is 48.6 Å². The van der Waals surface area contributed by atoms with Gasteiger partial charge < -0.3 is 4.74 Å². The number of aromatic nitrogens is 6. The summed E-state index contributed by atoms with van der Waals surface area (Å²) in [4.78, 5) is 5.36. The number of rotatable bonds is 3. The van der Waals surface area contributed by atoms with Crippen LogP contribution in [0.4, 0.5) is 0 Å². The SMILES string of the molecule is COc1c(-c2nn3c(-c4c(C)nc5ccccn45)nnc3s2)cc2ccccc2c1Br. The van der Waals surface area contributed by atoms with Gasteiger partial charge in [0.1, 0.15) is 17.1 Å². The van der Waals surface area contributed by atoms with Crippen LogP contribution in [0.3, 0.4) is 0 Å². The molecule has 0 saturated heterocycles. The van der Waals surface area contributed by atoms with Gasteiger partial charge >= 0.3 is 0 Å². The van der Waals surface area contributed by atoms with Crippen LogP contribution in [0.5, 0.6) is 5.75 Å². The van der Waals surface area contributed by atoms with Gasteiger partial charge in [0, 0.05) is 6.20 Å². The molecule has 0 N–H and O–H groups in total. The van der Waals surface area contributed by atoms with Gasteiger partial charge in [-0.2, -0.15) is 9.61 Å². The number of benzene rings is 2. The maximum Gasteiger partial charge on any atom is 0.235 e. The molecule has 6 aromatic rings. The zero-order chi connectivity index (χ0) is 21.1. The standard InChI is InChI=1S/C22H15BrN6OS/c1-12-18(28-10-6-5-9-16(28)24-12)20-25-26-22-29(20)27-21(31-22)15-11-13-7-3-4-8-14(13)17(23)19(15)30-2/h3-11H,1-2H3. The van der Waals surface area contributed by atoms with Crippen molar-refractivity contribution in [1.29, 1.82) is 0 Å². The molecule has 152 valence electrons. The van der Waals surface area contributed by atoms with Crippen LogP contribution >= 0.6 is 27.3 Å². The van der Waals surface area contributed by atoms with E-state index in [4.69, 9.17) is 9.84 Å². The lowest BCUT2D eigenvalue weighted by atomic mass is 10.1. The van der Waals surface area contributed by atoms with Crippen LogP contribution in [-0.2, 0) is 0 Å². The second-order valence-corrected chi connectivity index (χ2v) is 8.84. The molecule has 0 bridgehead atoms. The van der Waals surface area contributed by atoms with Crippen molar-refractivity contribution in [3.63, 3.8) is 0 Å². The zero-order valence-electron chi connectivity index (χ0n) is 16.6. The third kappa shape index (κ3) is 2.70. The number of methoxy groups -OCH3 is 1. The van der Waals surface area contributed by atoms with E-state index in [-0.39, 0.29) is 0 Å². The molecule has 0 spiro atoms. The number of fused-ring (bicyclic) bond motifs is 3. The first-order valence-electron chi connectivity index (χ1n) is 9.57. The number of hydrogen-bond donors (Lipinski definition) is 0. The lowest BCUT2D eigenvalue weighted by molar-refractivity contribution is 0.414. The van der Waals surface area contributed by atoms with Crippen LogP contribution in [0.25, 0.3) is 43.5 Å².